The SMILES string of the molecule is C[C@H](CNC(=O)c1ccc(CN(c2cc(Cl)ccc2Oc2ccccc2)S(C)(=O)=O)cc1)c1ccccc1. The normalized spacial score (nSPS) is 12.0. The van der Waals surface area contributed by atoms with Gasteiger partial charge in [0.25, 0.3) is 5.91 Å². The molecule has 0 fully saturated rings. The Kier molecular flexibility index (Phi) is 8.71. The summed E-state index contributed by atoms with van der Waals surface area (Å²) in [5.74, 6) is 0.913. The molecule has 196 valence electrons. The van der Waals surface area contributed by atoms with Crippen LogP contribution >= 0.6 is 11.6 Å². The Hall–Kier alpha value is -3.81. The number of carbonyl (C=O) groups excluding carboxylic acids is 1. The van der Waals surface area contributed by atoms with E-state index in [0.29, 0.717) is 39.9 Å². The molecule has 0 aliphatic rings. The van der Waals surface area contributed by atoms with E-state index in [1.54, 1.807) is 54.6 Å². The molecule has 38 heavy (non-hydrogen) atoms. The summed E-state index contributed by atoms with van der Waals surface area (Å²) < 4.78 is 32.9. The second-order valence-corrected chi connectivity index (χ2v) is 11.4. The highest BCUT2D eigenvalue weighted by Crippen LogP contribution is 2.36. The molecule has 0 saturated heterocycles. The summed E-state index contributed by atoms with van der Waals surface area (Å²) in [5.41, 5.74) is 2.67. The quantitative estimate of drug-likeness (QED) is 0.241. The van der Waals surface area contributed by atoms with Crippen LogP contribution in [-0.2, 0) is 16.6 Å². The van der Waals surface area contributed by atoms with Crippen molar-refractivity contribution < 1.29 is 17.9 Å². The molecule has 0 saturated carbocycles. The van der Waals surface area contributed by atoms with Crippen LogP contribution in [-0.4, -0.2) is 27.1 Å². The van der Waals surface area contributed by atoms with Gasteiger partial charge >= 0.3 is 0 Å². The molecule has 0 aromatic heterocycles. The van der Waals surface area contributed by atoms with Crippen LogP contribution in [0.4, 0.5) is 5.69 Å². The van der Waals surface area contributed by atoms with Crippen molar-refractivity contribution >= 4 is 33.2 Å². The monoisotopic (exact) mass is 548 g/mol. The number of halogens is 1. The van der Waals surface area contributed by atoms with Gasteiger partial charge in [0.15, 0.2) is 5.75 Å². The van der Waals surface area contributed by atoms with Crippen LogP contribution in [0.15, 0.2) is 103 Å². The Morgan fingerprint density at radius 1 is 0.921 bits per heavy atom. The zero-order chi connectivity index (χ0) is 27.1. The summed E-state index contributed by atoms with van der Waals surface area (Å²) in [6.45, 7) is 2.60. The minimum Gasteiger partial charge on any atom is -0.455 e. The van der Waals surface area contributed by atoms with E-state index in [0.717, 1.165) is 11.8 Å². The zero-order valence-electron chi connectivity index (χ0n) is 21.2. The lowest BCUT2D eigenvalue weighted by molar-refractivity contribution is 0.0951. The highest BCUT2D eigenvalue weighted by atomic mass is 35.5. The maximum absolute atomic E-state index is 12.9. The van der Waals surface area contributed by atoms with Gasteiger partial charge in [-0.15, -0.1) is 0 Å². The van der Waals surface area contributed by atoms with Gasteiger partial charge < -0.3 is 10.1 Å². The molecule has 1 N–H and O–H groups in total. The highest BCUT2D eigenvalue weighted by Gasteiger charge is 2.23. The number of hydrogen-bond acceptors (Lipinski definition) is 4. The predicted octanol–water partition coefficient (Wildman–Crippen LogP) is 6.63. The van der Waals surface area contributed by atoms with Gasteiger partial charge in [-0.3, -0.25) is 9.10 Å². The first kappa shape index (κ1) is 27.2. The number of amides is 1. The Bertz CT molecular complexity index is 1480. The fraction of sp³-hybridized carbons (Fsp3) is 0.167. The molecule has 6 nitrogen and oxygen atoms in total. The number of nitrogens with one attached hydrogen (secondary N) is 1. The van der Waals surface area contributed by atoms with Gasteiger partial charge in [0.2, 0.25) is 10.0 Å². The van der Waals surface area contributed by atoms with Gasteiger partial charge in [0.05, 0.1) is 18.5 Å². The molecule has 0 heterocycles. The summed E-state index contributed by atoms with van der Waals surface area (Å²) in [4.78, 5) is 12.7. The molecule has 0 radical (unpaired) electrons. The zero-order valence-corrected chi connectivity index (χ0v) is 22.7. The third-order valence-corrected chi connectivity index (χ3v) is 7.40. The molecule has 0 unspecified atom stereocenters. The van der Waals surface area contributed by atoms with Crippen molar-refractivity contribution in [2.24, 2.45) is 0 Å². The fourth-order valence-electron chi connectivity index (χ4n) is 3.94. The Morgan fingerprint density at radius 2 is 1.55 bits per heavy atom. The van der Waals surface area contributed by atoms with E-state index in [9.17, 15) is 13.2 Å². The number of rotatable bonds is 10. The molecule has 4 aromatic rings. The predicted molar refractivity (Wildman–Crippen MR) is 153 cm³/mol. The van der Waals surface area contributed by atoms with Crippen molar-refractivity contribution in [2.75, 3.05) is 17.1 Å². The number of nitrogens with zero attached hydrogens (tertiary/aromatic N) is 1. The van der Waals surface area contributed by atoms with Crippen LogP contribution in [0.2, 0.25) is 5.02 Å². The lowest BCUT2D eigenvalue weighted by Gasteiger charge is -2.25. The number of ether oxygens (including phenoxy) is 1. The topological polar surface area (TPSA) is 75.7 Å². The summed E-state index contributed by atoms with van der Waals surface area (Å²) in [5, 5.41) is 3.35. The van der Waals surface area contributed by atoms with E-state index in [1.807, 2.05) is 48.5 Å². The third kappa shape index (κ3) is 7.15. The number of para-hydroxylation sites is 1. The maximum atomic E-state index is 12.9. The summed E-state index contributed by atoms with van der Waals surface area (Å²) in [7, 11) is -3.70. The molecule has 1 amide bonds. The lowest BCUT2D eigenvalue weighted by Crippen LogP contribution is -2.30. The molecule has 0 aliphatic heterocycles. The summed E-state index contributed by atoms with van der Waals surface area (Å²) in [6.07, 6.45) is 1.13. The molecule has 0 spiro atoms. The number of carbonyl (C=O) groups is 1. The van der Waals surface area contributed by atoms with Gasteiger partial charge in [-0.05, 0) is 59.5 Å². The molecular formula is C30H29ClN2O4S. The first-order valence-electron chi connectivity index (χ1n) is 12.1. The van der Waals surface area contributed by atoms with Crippen LogP contribution in [0.3, 0.4) is 0 Å². The van der Waals surface area contributed by atoms with Gasteiger partial charge in [0.1, 0.15) is 5.75 Å². The molecule has 0 bridgehead atoms. The van der Waals surface area contributed by atoms with Crippen molar-refractivity contribution in [3.05, 3.63) is 125 Å². The van der Waals surface area contributed by atoms with Crippen LogP contribution in [0.1, 0.15) is 34.3 Å². The molecule has 8 heteroatoms. The minimum absolute atomic E-state index is 0.0390. The number of anilines is 1. The first-order valence-corrected chi connectivity index (χ1v) is 14.4. The largest absolute Gasteiger partial charge is 0.455 e. The fourth-order valence-corrected chi connectivity index (χ4v) is 4.99. The van der Waals surface area contributed by atoms with E-state index >= 15 is 0 Å². The molecule has 4 rings (SSSR count). The van der Waals surface area contributed by atoms with Crippen LogP contribution in [0, 0.1) is 0 Å². The number of sulfonamides is 1. The second kappa shape index (κ2) is 12.2. The Morgan fingerprint density at radius 3 is 2.18 bits per heavy atom. The standard InChI is InChI=1S/C30H29ClN2O4S/c1-22(24-9-5-3-6-10-24)20-32-30(34)25-15-13-23(14-16-25)21-33(38(2,35)36)28-19-26(31)17-18-29(28)37-27-11-7-4-8-12-27/h3-19,22H,20-21H2,1-2H3,(H,32,34)/t22-/m1/s1. The first-order chi connectivity index (χ1) is 18.2. The van der Waals surface area contributed by atoms with Gasteiger partial charge in [-0.2, -0.15) is 0 Å². The van der Waals surface area contributed by atoms with E-state index in [2.05, 4.69) is 12.2 Å². The lowest BCUT2D eigenvalue weighted by atomic mass is 10.0. The second-order valence-electron chi connectivity index (χ2n) is 9.02. The van der Waals surface area contributed by atoms with Gasteiger partial charge in [-0.25, -0.2) is 8.42 Å². The van der Waals surface area contributed by atoms with E-state index in [-0.39, 0.29) is 18.4 Å². The van der Waals surface area contributed by atoms with Crippen molar-refractivity contribution in [1.82, 2.24) is 5.32 Å². The van der Waals surface area contributed by atoms with Crippen LogP contribution in [0.25, 0.3) is 0 Å². The Balaban J connectivity index is 1.50. The van der Waals surface area contributed by atoms with E-state index in [4.69, 9.17) is 16.3 Å². The Labute approximate surface area is 228 Å². The number of hydrogen-bond donors (Lipinski definition) is 1. The highest BCUT2D eigenvalue weighted by molar-refractivity contribution is 7.92. The minimum atomic E-state index is -3.70. The average molecular weight is 549 g/mol. The molecule has 1 atom stereocenters. The van der Waals surface area contributed by atoms with Crippen molar-refractivity contribution in [3.63, 3.8) is 0 Å². The third-order valence-electron chi connectivity index (χ3n) is 6.04. The number of benzene rings is 4. The van der Waals surface area contributed by atoms with Crippen LogP contribution < -0.4 is 14.4 Å². The van der Waals surface area contributed by atoms with E-state index in [1.165, 1.54) is 4.31 Å². The van der Waals surface area contributed by atoms with Gasteiger partial charge in [-0.1, -0.05) is 79.2 Å². The molecular weight excluding hydrogens is 520 g/mol. The van der Waals surface area contributed by atoms with E-state index < -0.39 is 10.0 Å². The smallest absolute Gasteiger partial charge is 0.251 e. The summed E-state index contributed by atoms with van der Waals surface area (Å²) >= 11 is 6.24. The molecule has 0 aliphatic carbocycles. The van der Waals surface area contributed by atoms with Crippen LogP contribution in [0.5, 0.6) is 11.5 Å². The van der Waals surface area contributed by atoms with Crippen molar-refractivity contribution in [1.29, 1.82) is 0 Å². The summed E-state index contributed by atoms with van der Waals surface area (Å²) in [6, 6.07) is 30.8. The average Bonchev–Trinajstić information content (AvgIpc) is 2.92. The van der Waals surface area contributed by atoms with Crippen molar-refractivity contribution in [2.45, 2.75) is 19.4 Å². The van der Waals surface area contributed by atoms with Gasteiger partial charge in [0, 0.05) is 17.1 Å². The maximum Gasteiger partial charge on any atom is 0.251 e. The van der Waals surface area contributed by atoms with Crippen molar-refractivity contribution in [3.8, 4) is 11.5 Å². The molecule has 4 aromatic carbocycles.